The van der Waals surface area contributed by atoms with E-state index in [1.807, 2.05) is 12.1 Å². The molecular weight excluding hydrogens is 619 g/mol. The summed E-state index contributed by atoms with van der Waals surface area (Å²) in [6, 6.07) is 8.13. The number of carbonyl (C=O) groups is 1. The number of nitrogens with zero attached hydrogens (tertiary/aromatic N) is 1. The molecule has 8 heteroatoms. The lowest BCUT2D eigenvalue weighted by Gasteiger charge is -2.72. The van der Waals surface area contributed by atoms with E-state index in [9.17, 15) is 18.3 Å². The highest BCUT2D eigenvalue weighted by Crippen LogP contribution is 2.76. The molecular formula is C40H61N3O4S. The Hall–Kier alpha value is -1.74. The van der Waals surface area contributed by atoms with Crippen molar-refractivity contribution < 1.29 is 18.3 Å². The Morgan fingerprint density at radius 2 is 1.60 bits per heavy atom. The first kappa shape index (κ1) is 34.7. The van der Waals surface area contributed by atoms with Crippen LogP contribution in [0.5, 0.6) is 0 Å². The van der Waals surface area contributed by atoms with Gasteiger partial charge in [0.2, 0.25) is 0 Å². The second-order valence-corrected chi connectivity index (χ2v) is 20.4. The number of benzene rings is 1. The first-order chi connectivity index (χ1) is 22.6. The van der Waals surface area contributed by atoms with Crippen LogP contribution in [0.25, 0.3) is 5.57 Å². The molecule has 48 heavy (non-hydrogen) atoms. The Morgan fingerprint density at radius 1 is 0.896 bits per heavy atom. The third-order valence-electron chi connectivity index (χ3n) is 16.2. The molecule has 1 saturated heterocycles. The maximum atomic E-state index is 12.0. The normalized spacial score (nSPS) is 43.3. The van der Waals surface area contributed by atoms with Crippen molar-refractivity contribution in [2.75, 3.05) is 44.7 Å². The summed E-state index contributed by atoms with van der Waals surface area (Å²) < 4.78 is 24.0. The van der Waals surface area contributed by atoms with E-state index in [1.165, 1.54) is 62.5 Å². The fourth-order valence-electron chi connectivity index (χ4n) is 13.6. The molecule has 0 spiro atoms. The van der Waals surface area contributed by atoms with Gasteiger partial charge in [0.1, 0.15) is 0 Å². The molecule has 5 fully saturated rings. The van der Waals surface area contributed by atoms with Crippen LogP contribution in [0.1, 0.15) is 108 Å². The van der Waals surface area contributed by atoms with Crippen molar-refractivity contribution in [1.29, 1.82) is 0 Å². The van der Waals surface area contributed by atoms with Crippen molar-refractivity contribution in [3.63, 3.8) is 0 Å². The van der Waals surface area contributed by atoms with Crippen molar-refractivity contribution in [3.05, 3.63) is 41.5 Å². The second-order valence-electron chi connectivity index (χ2n) is 18.1. The number of nitrogens with one attached hydrogen (secondary N) is 2. The molecule has 0 bridgehead atoms. The molecule has 0 radical (unpaired) electrons. The number of hydrogen-bond donors (Lipinski definition) is 3. The van der Waals surface area contributed by atoms with Gasteiger partial charge >= 0.3 is 5.97 Å². The van der Waals surface area contributed by atoms with Gasteiger partial charge in [0.05, 0.1) is 17.1 Å². The van der Waals surface area contributed by atoms with Crippen LogP contribution in [-0.2, 0) is 9.84 Å². The average Bonchev–Trinajstić information content (AvgIpc) is 3.41. The quantitative estimate of drug-likeness (QED) is 0.303. The molecule has 1 aromatic carbocycles. The molecule has 4 saturated carbocycles. The van der Waals surface area contributed by atoms with Gasteiger partial charge in [0.15, 0.2) is 9.84 Å². The molecule has 5 aliphatic carbocycles. The van der Waals surface area contributed by atoms with Crippen LogP contribution in [0.3, 0.4) is 0 Å². The van der Waals surface area contributed by atoms with Crippen molar-refractivity contribution in [3.8, 4) is 0 Å². The van der Waals surface area contributed by atoms with Gasteiger partial charge in [-0.3, -0.25) is 0 Å². The molecule has 1 aliphatic heterocycles. The Kier molecular flexibility index (Phi) is 8.61. The number of hydrogen-bond acceptors (Lipinski definition) is 6. The lowest BCUT2D eigenvalue weighted by atomic mass is 9.33. The van der Waals surface area contributed by atoms with Gasteiger partial charge in [-0.15, -0.1) is 0 Å². The average molecular weight is 680 g/mol. The van der Waals surface area contributed by atoms with Gasteiger partial charge in [-0.25, -0.2) is 13.2 Å². The smallest absolute Gasteiger partial charge is 0.335 e. The Morgan fingerprint density at radius 3 is 2.27 bits per heavy atom. The number of aromatic carboxylic acids is 1. The monoisotopic (exact) mass is 679 g/mol. The predicted molar refractivity (Wildman–Crippen MR) is 194 cm³/mol. The van der Waals surface area contributed by atoms with E-state index >= 15 is 0 Å². The largest absolute Gasteiger partial charge is 0.478 e. The van der Waals surface area contributed by atoms with E-state index < -0.39 is 15.8 Å². The summed E-state index contributed by atoms with van der Waals surface area (Å²) in [7, 11) is -0.668. The molecule has 1 aromatic rings. The zero-order chi connectivity index (χ0) is 34.3. The Labute approximate surface area is 290 Å². The van der Waals surface area contributed by atoms with Crippen LogP contribution in [0.2, 0.25) is 0 Å². The third kappa shape index (κ3) is 5.20. The van der Waals surface area contributed by atoms with Crippen molar-refractivity contribution in [1.82, 2.24) is 15.5 Å². The summed E-state index contributed by atoms with van der Waals surface area (Å²) in [6.45, 7) is 16.2. The maximum Gasteiger partial charge on any atom is 0.335 e. The van der Waals surface area contributed by atoms with Crippen LogP contribution >= 0.6 is 0 Å². The predicted octanol–water partition coefficient (Wildman–Crippen LogP) is 6.50. The molecule has 0 amide bonds. The number of carboxylic acid groups (broad SMARTS) is 1. The molecule has 266 valence electrons. The highest BCUT2D eigenvalue weighted by molar-refractivity contribution is 7.91. The molecule has 3 N–H and O–H groups in total. The van der Waals surface area contributed by atoms with Crippen molar-refractivity contribution in [2.45, 2.75) is 104 Å². The van der Waals surface area contributed by atoms with Crippen LogP contribution in [0.4, 0.5) is 0 Å². The van der Waals surface area contributed by atoms with Crippen molar-refractivity contribution in [2.24, 2.45) is 45.3 Å². The summed E-state index contributed by atoms with van der Waals surface area (Å²) >= 11 is 0. The number of carboxylic acids is 1. The molecule has 6 aliphatic rings. The number of rotatable bonds is 7. The first-order valence-electron chi connectivity index (χ1n) is 19.0. The molecule has 0 unspecified atom stereocenters. The highest BCUT2D eigenvalue weighted by atomic mass is 32.2. The molecule has 7 nitrogen and oxygen atoms in total. The van der Waals surface area contributed by atoms with Crippen LogP contribution in [-0.4, -0.2) is 80.7 Å². The van der Waals surface area contributed by atoms with Gasteiger partial charge in [-0.05, 0) is 133 Å². The lowest BCUT2D eigenvalue weighted by Crippen LogP contribution is -2.69. The third-order valence-corrected chi connectivity index (χ3v) is 17.8. The van der Waals surface area contributed by atoms with Gasteiger partial charge in [0.25, 0.3) is 0 Å². The molecule has 9 atom stereocenters. The van der Waals surface area contributed by atoms with E-state index in [2.05, 4.69) is 63.3 Å². The maximum absolute atomic E-state index is 12.0. The SMILES string of the molecule is CN[C@@H]1CC[C@]2(NCCN3CCS(=O)(=O)CC3)CC[C@]3(C)[C@H](CC[C@@H]4[C@@]5(C)CC=C(c6ccc(C(=O)O)cc6)C(C)(C)[C@@H]5CC[C@]43C)[C@@H]12. The van der Waals surface area contributed by atoms with Crippen LogP contribution < -0.4 is 10.6 Å². The minimum absolute atomic E-state index is 0.0175. The second kappa shape index (κ2) is 11.9. The van der Waals surface area contributed by atoms with E-state index in [-0.39, 0.29) is 21.8 Å². The van der Waals surface area contributed by atoms with E-state index in [0.29, 0.717) is 65.3 Å². The van der Waals surface area contributed by atoms with E-state index in [0.717, 1.165) is 19.5 Å². The molecule has 7 rings (SSSR count). The summed E-state index contributed by atoms with van der Waals surface area (Å²) in [6.07, 6.45) is 13.8. The number of sulfone groups is 1. The first-order valence-corrected chi connectivity index (χ1v) is 20.8. The number of fused-ring (bicyclic) bond motifs is 7. The van der Waals surface area contributed by atoms with Gasteiger partial charge in [-0.1, -0.05) is 52.8 Å². The van der Waals surface area contributed by atoms with Crippen molar-refractivity contribution >= 4 is 21.4 Å². The molecule has 0 aromatic heterocycles. The lowest BCUT2D eigenvalue weighted by molar-refractivity contribution is -0.218. The van der Waals surface area contributed by atoms with Gasteiger partial charge in [-0.2, -0.15) is 0 Å². The van der Waals surface area contributed by atoms with E-state index in [4.69, 9.17) is 0 Å². The van der Waals surface area contributed by atoms with Crippen LogP contribution in [0, 0.1) is 45.3 Å². The van der Waals surface area contributed by atoms with Crippen LogP contribution in [0.15, 0.2) is 30.3 Å². The standard InChI is InChI=1S/C40H61N3O4S/c1-36(2)29(27-7-9-28(10-8-27)35(44)45)13-16-37(3)32(36)15-17-39(5)33(37)12-11-30-34-31(41-6)14-18-40(34,20-19-38(30,39)4)42-21-22-43-23-25-48(46,47)26-24-43/h7-10,13,30-34,41-42H,11-12,14-26H2,1-6H3,(H,44,45)/t30-,31-,32+,33-,34+,37+,38-,39-,40+/m1/s1. The van der Waals surface area contributed by atoms with E-state index in [1.54, 1.807) is 12.1 Å². The highest BCUT2D eigenvalue weighted by Gasteiger charge is 2.70. The summed E-state index contributed by atoms with van der Waals surface area (Å²) in [5, 5.41) is 17.5. The Balaban J connectivity index is 1.13. The topological polar surface area (TPSA) is 98.7 Å². The molecule has 1 heterocycles. The Bertz CT molecular complexity index is 1540. The van der Waals surface area contributed by atoms with Gasteiger partial charge < -0.3 is 20.6 Å². The van der Waals surface area contributed by atoms with Gasteiger partial charge in [0, 0.05) is 37.8 Å². The fraction of sp³-hybridized carbons (Fsp3) is 0.775. The zero-order valence-corrected chi connectivity index (χ0v) is 31.2. The summed E-state index contributed by atoms with van der Waals surface area (Å²) in [5.74, 6) is 2.32. The summed E-state index contributed by atoms with van der Waals surface area (Å²) in [5.41, 5.74) is 3.94. The summed E-state index contributed by atoms with van der Waals surface area (Å²) in [4.78, 5) is 13.9. The minimum Gasteiger partial charge on any atom is -0.478 e. The zero-order valence-electron chi connectivity index (χ0n) is 30.4. The fourth-order valence-corrected chi connectivity index (χ4v) is 14.8. The minimum atomic E-state index is -2.85. The number of allylic oxidation sites excluding steroid dienone is 2.